The van der Waals surface area contributed by atoms with Gasteiger partial charge in [-0.1, -0.05) is 0 Å². The summed E-state index contributed by atoms with van der Waals surface area (Å²) in [5.41, 5.74) is 5.56. The first-order valence-corrected chi connectivity index (χ1v) is 19.6. The van der Waals surface area contributed by atoms with Crippen molar-refractivity contribution in [2.45, 2.75) is 55.3 Å². The number of nitrogens with one attached hydrogen (secondary N) is 1. The first-order chi connectivity index (χ1) is 27.7. The van der Waals surface area contributed by atoms with Gasteiger partial charge in [0.1, 0.15) is 5.82 Å². The summed E-state index contributed by atoms with van der Waals surface area (Å²) in [6.07, 6.45) is 9.60. The van der Waals surface area contributed by atoms with Crippen LogP contribution in [0, 0.1) is 26.0 Å². The van der Waals surface area contributed by atoms with Gasteiger partial charge >= 0.3 is 11.6 Å². The third kappa shape index (κ3) is 17.2. The molecule has 0 saturated carbocycles. The Labute approximate surface area is 346 Å². The third-order valence-electron chi connectivity index (χ3n) is 9.71. The van der Waals surface area contributed by atoms with Crippen LogP contribution < -0.4 is 20.9 Å². The fourth-order valence-electron chi connectivity index (χ4n) is 7.51. The Bertz CT molecular complexity index is 1720. The topological polar surface area (TPSA) is 240 Å². The summed E-state index contributed by atoms with van der Waals surface area (Å²) < 4.78 is 12.1. The Balaban J connectivity index is 0.000000219. The summed E-state index contributed by atoms with van der Waals surface area (Å²) in [5.74, 6) is -0.555. The Morgan fingerprint density at radius 1 is 0.695 bits per heavy atom. The summed E-state index contributed by atoms with van der Waals surface area (Å²) in [5, 5.41) is 54.9. The average molecular weight is 831 g/mol. The van der Waals surface area contributed by atoms with Gasteiger partial charge in [0.05, 0.1) is 34.4 Å². The van der Waals surface area contributed by atoms with Crippen LogP contribution in [0.5, 0.6) is 0 Å². The fraction of sp³-hybridized carbons (Fsp3) is 0.615. The molecule has 0 radical (unpaired) electrons. The molecular formula is C39H63FN12O7. The second-order valence-corrected chi connectivity index (χ2v) is 16.4. The molecule has 3 aromatic rings. The average Bonchev–Trinajstić information content (AvgIpc) is 3.15. The van der Waals surface area contributed by atoms with E-state index in [0.717, 1.165) is 101 Å². The highest BCUT2D eigenvalue weighted by Crippen LogP contribution is 2.28. The minimum Gasteiger partial charge on any atom is -0.387 e. The highest BCUT2D eigenvalue weighted by Gasteiger charge is 2.35. The summed E-state index contributed by atoms with van der Waals surface area (Å²) in [6.45, 7) is 6.80. The maximum absolute atomic E-state index is 12.1. The lowest BCUT2D eigenvalue weighted by molar-refractivity contribution is -0.389. The van der Waals surface area contributed by atoms with Crippen LogP contribution >= 0.6 is 0 Å². The quantitative estimate of drug-likeness (QED) is 0.145. The zero-order valence-corrected chi connectivity index (χ0v) is 35.2. The first-order valence-electron chi connectivity index (χ1n) is 19.6. The predicted octanol–water partition coefficient (Wildman–Crippen LogP) is 2.23. The van der Waals surface area contributed by atoms with E-state index in [9.17, 15) is 39.9 Å². The molecular weight excluding hydrogens is 768 g/mol. The van der Waals surface area contributed by atoms with E-state index in [0.29, 0.717) is 32.0 Å². The smallest absolute Gasteiger partial charge is 0.363 e. The Kier molecular flexibility index (Phi) is 18.7. The number of nitrogens with zero attached hydrogens (tertiary/aromatic N) is 10. The standard InChI is InChI=1S/C13H20N4O3.C13H22N4O.C8H18N2O.C5H3FN2O2/c1-15(2)9-13(18)6-3-7-16(10-13)11-4-5-12(14-8-11)17(19)20;1-16(2)9-13(18)6-3-7-17(10-13)11-4-5-12(14)15-8-11;1-10(2)7-8(11)4-3-5-9-6-8;6-4-1-2-5(7-3-4)8(9)10/h4-5,8,18H,3,6-7,9-10H2,1-2H3;4-5,8,18H,3,6-7,9-10H2,1-2H3,(H2,14,15);9,11H,3-7H2,1-2H3;1-3H. The van der Waals surface area contributed by atoms with Crippen molar-refractivity contribution in [3.8, 4) is 0 Å². The summed E-state index contributed by atoms with van der Waals surface area (Å²) in [4.78, 5) is 40.7. The second-order valence-electron chi connectivity index (χ2n) is 16.4. The lowest BCUT2D eigenvalue weighted by Gasteiger charge is -2.41. The van der Waals surface area contributed by atoms with Gasteiger partial charge in [0.15, 0.2) is 18.2 Å². The molecule has 20 heteroatoms. The van der Waals surface area contributed by atoms with Crippen molar-refractivity contribution in [3.63, 3.8) is 0 Å². The minimum absolute atomic E-state index is 0.158. The third-order valence-corrected chi connectivity index (χ3v) is 9.71. The van der Waals surface area contributed by atoms with Gasteiger partial charge in [0, 0.05) is 64.5 Å². The molecule has 328 valence electrons. The maximum Gasteiger partial charge on any atom is 0.363 e. The molecule has 3 aliphatic rings. The Morgan fingerprint density at radius 3 is 1.51 bits per heavy atom. The molecule has 3 aromatic heterocycles. The molecule has 0 spiro atoms. The number of nitro groups is 2. The van der Waals surface area contributed by atoms with Crippen LogP contribution in [0.25, 0.3) is 0 Å². The van der Waals surface area contributed by atoms with Crippen LogP contribution in [0.4, 0.5) is 33.2 Å². The van der Waals surface area contributed by atoms with E-state index in [1.165, 1.54) is 12.3 Å². The van der Waals surface area contributed by atoms with E-state index in [2.05, 4.69) is 25.2 Å². The molecule has 0 aliphatic carbocycles. The number of hydrogen-bond donors (Lipinski definition) is 5. The van der Waals surface area contributed by atoms with Crippen LogP contribution in [-0.2, 0) is 0 Å². The number of likely N-dealkylation sites (N-methyl/N-ethyl adjacent to an activating group) is 3. The fourth-order valence-corrected chi connectivity index (χ4v) is 7.51. The zero-order chi connectivity index (χ0) is 43.8. The van der Waals surface area contributed by atoms with Gasteiger partial charge in [-0.3, -0.25) is 0 Å². The van der Waals surface area contributed by atoms with Gasteiger partial charge in [-0.2, -0.15) is 0 Å². The van der Waals surface area contributed by atoms with Gasteiger partial charge in [0.25, 0.3) is 0 Å². The van der Waals surface area contributed by atoms with Crippen molar-refractivity contribution in [1.29, 1.82) is 0 Å². The molecule has 3 saturated heterocycles. The van der Waals surface area contributed by atoms with Gasteiger partial charge < -0.3 is 71.1 Å². The van der Waals surface area contributed by atoms with Crippen molar-refractivity contribution in [2.75, 3.05) is 117 Å². The monoisotopic (exact) mass is 830 g/mol. The largest absolute Gasteiger partial charge is 0.387 e. The molecule has 59 heavy (non-hydrogen) atoms. The molecule has 0 amide bonds. The number of rotatable bonds is 10. The van der Waals surface area contributed by atoms with Crippen LogP contribution in [0.15, 0.2) is 55.0 Å². The number of aromatic nitrogens is 3. The maximum atomic E-state index is 12.1. The molecule has 0 aromatic carbocycles. The summed E-state index contributed by atoms with van der Waals surface area (Å²) >= 11 is 0. The van der Waals surface area contributed by atoms with E-state index >= 15 is 0 Å². The van der Waals surface area contributed by atoms with Crippen LogP contribution in [-0.4, -0.2) is 173 Å². The van der Waals surface area contributed by atoms with E-state index < -0.39 is 32.5 Å². The van der Waals surface area contributed by atoms with Crippen LogP contribution in [0.2, 0.25) is 0 Å². The number of halogens is 1. The van der Waals surface area contributed by atoms with Crippen molar-refractivity contribution in [1.82, 2.24) is 35.0 Å². The molecule has 6 heterocycles. The number of hydrogen-bond acceptors (Lipinski definition) is 17. The van der Waals surface area contributed by atoms with Crippen LogP contribution in [0.3, 0.4) is 0 Å². The lowest BCUT2D eigenvalue weighted by Crippen LogP contribution is -2.53. The van der Waals surface area contributed by atoms with E-state index in [1.54, 1.807) is 18.3 Å². The highest BCUT2D eigenvalue weighted by atomic mass is 19.1. The van der Waals surface area contributed by atoms with Gasteiger partial charge in [-0.15, -0.1) is 0 Å². The van der Waals surface area contributed by atoms with Crippen molar-refractivity contribution >= 4 is 28.8 Å². The molecule has 0 bridgehead atoms. The van der Waals surface area contributed by atoms with Gasteiger partial charge in [-0.25, -0.2) is 9.37 Å². The number of nitrogens with two attached hydrogens (primary N) is 1. The molecule has 6 N–H and O–H groups in total. The van der Waals surface area contributed by atoms with Gasteiger partial charge in [0.2, 0.25) is 0 Å². The number of aliphatic hydroxyl groups is 3. The highest BCUT2D eigenvalue weighted by molar-refractivity contribution is 5.49. The van der Waals surface area contributed by atoms with Gasteiger partial charge in [-0.05, 0) is 131 Å². The molecule has 3 atom stereocenters. The second kappa shape index (κ2) is 22.6. The zero-order valence-electron chi connectivity index (χ0n) is 35.2. The minimum atomic E-state index is -0.747. The number of anilines is 3. The SMILES string of the molecule is CN(C)CC1(O)CCCN(c2ccc(N)nc2)C1.CN(C)CC1(O)CCCN(c2ccc([N+](=O)[O-])nc2)C1.CN(C)CC1(O)CCCNC1.O=[N+]([O-])c1ccc(F)cn1. The van der Waals surface area contributed by atoms with E-state index in [1.807, 2.05) is 68.0 Å². The normalized spacial score (nSPS) is 23.0. The Morgan fingerprint density at radius 2 is 1.14 bits per heavy atom. The van der Waals surface area contributed by atoms with E-state index in [4.69, 9.17) is 5.73 Å². The molecule has 3 aliphatic heterocycles. The number of nitrogen functional groups attached to an aromatic ring is 1. The number of β-amino-alcohol motifs (C(OH)–C–C–N with tert-alkyl or cyclic N) is 3. The lowest BCUT2D eigenvalue weighted by atomic mass is 9.92. The first kappa shape index (κ1) is 48.7. The van der Waals surface area contributed by atoms with Crippen molar-refractivity contribution in [2.24, 2.45) is 0 Å². The van der Waals surface area contributed by atoms with E-state index in [-0.39, 0.29) is 11.6 Å². The van der Waals surface area contributed by atoms with Crippen molar-refractivity contribution < 1.29 is 29.6 Å². The molecule has 6 rings (SSSR count). The predicted molar refractivity (Wildman–Crippen MR) is 226 cm³/mol. The van der Waals surface area contributed by atoms with Crippen LogP contribution in [0.1, 0.15) is 38.5 Å². The molecule has 3 unspecified atom stereocenters. The molecule has 19 nitrogen and oxygen atoms in total. The summed E-state index contributed by atoms with van der Waals surface area (Å²) in [6, 6.07) is 8.85. The van der Waals surface area contributed by atoms with Crippen molar-refractivity contribution in [3.05, 3.63) is 81.0 Å². The summed E-state index contributed by atoms with van der Waals surface area (Å²) in [7, 11) is 11.8. The number of piperidine rings is 3. The molecule has 3 fully saturated rings. The number of pyridine rings is 3. The Hall–Kier alpha value is -4.70.